The summed E-state index contributed by atoms with van der Waals surface area (Å²) in [5.41, 5.74) is 3.88. The number of nitro groups is 1. The van der Waals surface area contributed by atoms with Gasteiger partial charge in [0.1, 0.15) is 11.3 Å². The number of aromatic nitrogens is 3. The van der Waals surface area contributed by atoms with Crippen molar-refractivity contribution in [3.63, 3.8) is 0 Å². The van der Waals surface area contributed by atoms with Gasteiger partial charge in [-0.1, -0.05) is 25.6 Å². The van der Waals surface area contributed by atoms with Crippen LogP contribution in [0.25, 0.3) is 16.7 Å². The van der Waals surface area contributed by atoms with E-state index in [2.05, 4.69) is 10.3 Å². The summed E-state index contributed by atoms with van der Waals surface area (Å²) in [4.78, 5) is 37.6. The van der Waals surface area contributed by atoms with Gasteiger partial charge in [-0.2, -0.15) is 4.98 Å². The number of rotatable bonds is 10. The number of fused-ring (bicyclic) bond motifs is 1. The summed E-state index contributed by atoms with van der Waals surface area (Å²) in [5, 5.41) is 16.2. The molecule has 0 aliphatic rings. The number of para-hydroxylation sites is 1. The molecular formula is C30H39N7O4. The maximum Gasteiger partial charge on any atom is 0.343 e. The molecule has 0 aliphatic heterocycles. The molecule has 1 N–H and O–H groups in total. The molecule has 0 fully saturated rings. The highest BCUT2D eigenvalue weighted by atomic mass is 16.6. The molecule has 2 heterocycles. The van der Waals surface area contributed by atoms with Gasteiger partial charge in [-0.15, -0.1) is 0 Å². The zero-order valence-corrected chi connectivity index (χ0v) is 23.9. The van der Waals surface area contributed by atoms with Crippen molar-refractivity contribution in [1.82, 2.24) is 19.4 Å². The Morgan fingerprint density at radius 1 is 1.12 bits per heavy atom. The predicted molar refractivity (Wildman–Crippen MR) is 164 cm³/mol. The van der Waals surface area contributed by atoms with E-state index in [4.69, 9.17) is 9.72 Å². The number of benzene rings is 2. The largest absolute Gasteiger partial charge is 0.459 e. The van der Waals surface area contributed by atoms with Crippen molar-refractivity contribution in [1.29, 1.82) is 0 Å². The lowest BCUT2D eigenvalue weighted by atomic mass is 10.1. The van der Waals surface area contributed by atoms with Gasteiger partial charge in [-0.25, -0.2) is 9.78 Å². The quantitative estimate of drug-likeness (QED) is 0.144. The molecule has 0 atom stereocenters. The van der Waals surface area contributed by atoms with E-state index in [1.807, 2.05) is 79.8 Å². The van der Waals surface area contributed by atoms with Gasteiger partial charge < -0.3 is 24.4 Å². The number of aryl methyl sites for hydroxylation is 2. The van der Waals surface area contributed by atoms with Gasteiger partial charge in [0.2, 0.25) is 5.95 Å². The van der Waals surface area contributed by atoms with Crippen molar-refractivity contribution in [2.45, 2.75) is 41.2 Å². The number of esters is 1. The molecule has 11 nitrogen and oxygen atoms in total. The molecule has 41 heavy (non-hydrogen) atoms. The molecule has 2 aromatic carbocycles. The lowest BCUT2D eigenvalue weighted by Crippen LogP contribution is -2.29. The van der Waals surface area contributed by atoms with Crippen molar-refractivity contribution in [2.24, 2.45) is 0 Å². The highest BCUT2D eigenvalue weighted by molar-refractivity contribution is 5.94. The highest BCUT2D eigenvalue weighted by Gasteiger charge is 2.23. The maximum atomic E-state index is 13.0. The third-order valence-electron chi connectivity index (χ3n) is 6.53. The Morgan fingerprint density at radius 2 is 1.83 bits per heavy atom. The number of ether oxygens (including phenoxy) is 1. The third-order valence-corrected chi connectivity index (χ3v) is 6.53. The van der Waals surface area contributed by atoms with E-state index >= 15 is 0 Å². The van der Waals surface area contributed by atoms with Crippen LogP contribution in [0.5, 0.6) is 0 Å². The minimum Gasteiger partial charge on any atom is -0.459 e. The standard InChI is InChI=1S/C29H35N7O4.CH4/c1-18(2)40-28(37)22-16-30-29(32-27(22)35-17-20(4)21-10-8-9-11-24(21)35)31-23-15-26(36(38)39)25(14-19(23)3)34(7)13-12-33(5)6;/h8-11,14-18H,12-13H2,1-7H3,(H,30,31,32);1H4. The molecule has 218 valence electrons. The van der Waals surface area contributed by atoms with Gasteiger partial charge in [-0.05, 0) is 65.0 Å². The average Bonchev–Trinajstić information content (AvgIpc) is 3.24. The number of hydrogen-bond donors (Lipinski definition) is 1. The Balaban J connectivity index is 0.00000462. The number of likely N-dealkylation sites (N-methyl/N-ethyl adjacent to an activating group) is 2. The molecule has 0 saturated carbocycles. The Labute approximate surface area is 240 Å². The zero-order chi connectivity index (χ0) is 29.1. The number of carbonyl (C=O) groups is 1. The molecule has 0 amide bonds. The van der Waals surface area contributed by atoms with E-state index in [1.165, 1.54) is 12.3 Å². The second-order valence-electron chi connectivity index (χ2n) is 10.3. The van der Waals surface area contributed by atoms with Crippen LogP contribution in [0.4, 0.5) is 23.0 Å². The second kappa shape index (κ2) is 12.8. The van der Waals surface area contributed by atoms with Crippen LogP contribution in [0.15, 0.2) is 48.8 Å². The van der Waals surface area contributed by atoms with E-state index in [0.29, 0.717) is 23.7 Å². The van der Waals surface area contributed by atoms with Crippen LogP contribution in [0.2, 0.25) is 0 Å². The van der Waals surface area contributed by atoms with Gasteiger partial charge in [0.25, 0.3) is 5.69 Å². The molecule has 0 saturated heterocycles. The number of nitro benzene ring substituents is 1. The third kappa shape index (κ3) is 6.80. The first-order valence-corrected chi connectivity index (χ1v) is 13.0. The summed E-state index contributed by atoms with van der Waals surface area (Å²) < 4.78 is 7.31. The molecule has 2 aromatic heterocycles. The van der Waals surface area contributed by atoms with Crippen molar-refractivity contribution < 1.29 is 14.5 Å². The van der Waals surface area contributed by atoms with E-state index in [9.17, 15) is 14.9 Å². The molecule has 0 spiro atoms. The van der Waals surface area contributed by atoms with Gasteiger partial charge in [0.05, 0.1) is 22.2 Å². The number of carbonyl (C=O) groups excluding carboxylic acids is 1. The fourth-order valence-corrected chi connectivity index (χ4v) is 4.42. The van der Waals surface area contributed by atoms with Crippen molar-refractivity contribution >= 4 is 39.9 Å². The van der Waals surface area contributed by atoms with Crippen LogP contribution in [-0.2, 0) is 4.74 Å². The molecule has 0 unspecified atom stereocenters. The molecular weight excluding hydrogens is 522 g/mol. The van der Waals surface area contributed by atoms with E-state index in [1.54, 1.807) is 19.9 Å². The van der Waals surface area contributed by atoms with E-state index < -0.39 is 10.9 Å². The lowest BCUT2D eigenvalue weighted by molar-refractivity contribution is -0.384. The van der Waals surface area contributed by atoms with Crippen LogP contribution >= 0.6 is 0 Å². The fraction of sp³-hybridized carbons (Fsp3) is 0.367. The zero-order valence-electron chi connectivity index (χ0n) is 23.9. The summed E-state index contributed by atoms with van der Waals surface area (Å²) in [6.07, 6.45) is 3.02. The highest BCUT2D eigenvalue weighted by Crippen LogP contribution is 2.34. The molecule has 4 aromatic rings. The van der Waals surface area contributed by atoms with Gasteiger partial charge >= 0.3 is 5.97 Å². The number of nitrogens with one attached hydrogen (secondary N) is 1. The smallest absolute Gasteiger partial charge is 0.343 e. The Kier molecular flexibility index (Phi) is 9.67. The number of nitrogens with zero attached hydrogens (tertiary/aromatic N) is 6. The van der Waals surface area contributed by atoms with Crippen LogP contribution in [-0.4, -0.2) is 70.7 Å². The normalized spacial score (nSPS) is 11.0. The second-order valence-corrected chi connectivity index (χ2v) is 10.3. The summed E-state index contributed by atoms with van der Waals surface area (Å²) in [7, 11) is 5.76. The average molecular weight is 562 g/mol. The summed E-state index contributed by atoms with van der Waals surface area (Å²) in [6.45, 7) is 8.80. The Morgan fingerprint density at radius 3 is 2.49 bits per heavy atom. The summed E-state index contributed by atoms with van der Waals surface area (Å²) in [5.74, 6) is 0.00111. The number of hydrogen-bond acceptors (Lipinski definition) is 9. The minimum absolute atomic E-state index is 0. The predicted octanol–water partition coefficient (Wildman–Crippen LogP) is 5.89. The monoisotopic (exact) mass is 561 g/mol. The maximum absolute atomic E-state index is 13.0. The van der Waals surface area contributed by atoms with Crippen LogP contribution in [0, 0.1) is 24.0 Å². The molecule has 4 rings (SSSR count). The molecule has 0 aliphatic carbocycles. The minimum atomic E-state index is -0.538. The van der Waals surface area contributed by atoms with Crippen LogP contribution in [0.3, 0.4) is 0 Å². The van der Waals surface area contributed by atoms with Gasteiger partial charge in [0.15, 0.2) is 5.82 Å². The lowest BCUT2D eigenvalue weighted by Gasteiger charge is -2.22. The number of anilines is 3. The fourth-order valence-electron chi connectivity index (χ4n) is 4.42. The van der Waals surface area contributed by atoms with Crippen molar-refractivity contribution in [3.05, 3.63) is 75.6 Å². The Bertz CT molecular complexity index is 1560. The first-order chi connectivity index (χ1) is 19.0. The summed E-state index contributed by atoms with van der Waals surface area (Å²) >= 11 is 0. The van der Waals surface area contributed by atoms with Crippen LogP contribution < -0.4 is 10.2 Å². The first kappa shape index (κ1) is 31.0. The topological polar surface area (TPSA) is 119 Å². The van der Waals surface area contributed by atoms with E-state index in [0.717, 1.165) is 28.6 Å². The van der Waals surface area contributed by atoms with Crippen LogP contribution in [0.1, 0.15) is 42.8 Å². The van der Waals surface area contributed by atoms with Crippen molar-refractivity contribution in [2.75, 3.05) is 44.4 Å². The molecule has 0 bridgehead atoms. The molecule has 11 heteroatoms. The Hall–Kier alpha value is -4.51. The SMILES string of the molecule is C.Cc1cc(N(C)CCN(C)C)c([N+](=O)[O-])cc1Nc1ncc(C(=O)OC(C)C)c(-n2cc(C)c3ccccc32)n1. The molecule has 0 radical (unpaired) electrons. The first-order valence-electron chi connectivity index (χ1n) is 13.0. The van der Waals surface area contributed by atoms with E-state index in [-0.39, 0.29) is 30.7 Å². The van der Waals surface area contributed by atoms with Gasteiger partial charge in [0, 0.05) is 44.0 Å². The summed E-state index contributed by atoms with van der Waals surface area (Å²) in [6, 6.07) is 11.1. The van der Waals surface area contributed by atoms with Gasteiger partial charge in [-0.3, -0.25) is 10.1 Å². The van der Waals surface area contributed by atoms with Crippen molar-refractivity contribution in [3.8, 4) is 5.82 Å².